The Labute approximate surface area is 214 Å². The SMILES string of the molecule is CC.CC.CNc1ncc2cc(-c3cc(NC(=O)N4CCC(C(F)(F)F)C4)c(F)cc3C)c(C)nc2n1. The molecule has 37 heavy (non-hydrogen) atoms. The van der Waals surface area contributed by atoms with E-state index in [1.54, 1.807) is 27.1 Å². The van der Waals surface area contributed by atoms with Crippen LogP contribution in [0.5, 0.6) is 0 Å². The van der Waals surface area contributed by atoms with Gasteiger partial charge in [-0.15, -0.1) is 0 Å². The van der Waals surface area contributed by atoms with Crippen molar-refractivity contribution < 1.29 is 22.4 Å². The monoisotopic (exact) mass is 522 g/mol. The zero-order valence-electron chi connectivity index (χ0n) is 22.2. The molecule has 11 heteroatoms. The van der Waals surface area contributed by atoms with Crippen molar-refractivity contribution in [3.63, 3.8) is 0 Å². The first kappa shape index (κ1) is 29.7. The molecule has 1 saturated heterocycles. The molecule has 3 aromatic rings. The number of nitrogens with zero attached hydrogens (tertiary/aromatic N) is 4. The molecule has 2 aromatic heterocycles. The maximum atomic E-state index is 14.6. The van der Waals surface area contributed by atoms with Crippen LogP contribution in [0.15, 0.2) is 24.4 Å². The molecule has 2 amide bonds. The van der Waals surface area contributed by atoms with Crippen LogP contribution in [-0.2, 0) is 0 Å². The number of halogens is 4. The Morgan fingerprint density at radius 1 is 1.05 bits per heavy atom. The molecule has 1 aromatic carbocycles. The number of amides is 2. The summed E-state index contributed by atoms with van der Waals surface area (Å²) in [7, 11) is 1.70. The van der Waals surface area contributed by atoms with Gasteiger partial charge >= 0.3 is 12.2 Å². The molecule has 4 rings (SSSR count). The topological polar surface area (TPSA) is 83.0 Å². The highest BCUT2D eigenvalue weighted by Gasteiger charge is 2.44. The number of urea groups is 1. The van der Waals surface area contributed by atoms with E-state index in [2.05, 4.69) is 25.6 Å². The predicted octanol–water partition coefficient (Wildman–Crippen LogP) is 6.96. The number of pyridine rings is 1. The molecule has 202 valence electrons. The minimum atomic E-state index is -4.37. The van der Waals surface area contributed by atoms with E-state index in [0.717, 1.165) is 4.90 Å². The number of alkyl halides is 3. The number of rotatable bonds is 3. The Morgan fingerprint density at radius 2 is 1.73 bits per heavy atom. The van der Waals surface area contributed by atoms with Crippen LogP contribution in [-0.4, -0.2) is 52.2 Å². The van der Waals surface area contributed by atoms with Gasteiger partial charge in [-0.3, -0.25) is 0 Å². The van der Waals surface area contributed by atoms with Crippen molar-refractivity contribution in [3.05, 3.63) is 41.5 Å². The summed E-state index contributed by atoms with van der Waals surface area (Å²) in [4.78, 5) is 26.6. The third kappa shape index (κ3) is 6.84. The molecule has 0 spiro atoms. The van der Waals surface area contributed by atoms with E-state index in [4.69, 9.17) is 0 Å². The number of aromatic nitrogens is 3. The smallest absolute Gasteiger partial charge is 0.357 e. The average Bonchev–Trinajstić information content (AvgIpc) is 3.39. The summed E-state index contributed by atoms with van der Waals surface area (Å²) in [6, 6.07) is 3.81. The summed E-state index contributed by atoms with van der Waals surface area (Å²) in [6.45, 7) is 11.0. The largest absolute Gasteiger partial charge is 0.393 e. The van der Waals surface area contributed by atoms with Gasteiger partial charge in [0.1, 0.15) is 5.82 Å². The third-order valence-corrected chi connectivity index (χ3v) is 5.77. The van der Waals surface area contributed by atoms with E-state index in [1.807, 2.05) is 33.8 Å². The van der Waals surface area contributed by atoms with Crippen LogP contribution in [0.2, 0.25) is 0 Å². The number of aryl methyl sites for hydroxylation is 2. The number of nitrogens with one attached hydrogen (secondary N) is 2. The van der Waals surface area contributed by atoms with Gasteiger partial charge in [-0.25, -0.2) is 19.2 Å². The third-order valence-electron chi connectivity index (χ3n) is 5.77. The van der Waals surface area contributed by atoms with Crippen molar-refractivity contribution in [1.29, 1.82) is 0 Å². The first-order valence-electron chi connectivity index (χ1n) is 12.3. The Morgan fingerprint density at radius 3 is 2.32 bits per heavy atom. The first-order valence-corrected chi connectivity index (χ1v) is 12.3. The van der Waals surface area contributed by atoms with Gasteiger partial charge in [0.25, 0.3) is 0 Å². The zero-order chi connectivity index (χ0) is 27.9. The zero-order valence-corrected chi connectivity index (χ0v) is 22.2. The fourth-order valence-electron chi connectivity index (χ4n) is 3.91. The van der Waals surface area contributed by atoms with Crippen molar-refractivity contribution >= 4 is 28.7 Å². The highest BCUT2D eigenvalue weighted by Crippen LogP contribution is 2.35. The van der Waals surface area contributed by atoms with Crippen LogP contribution >= 0.6 is 0 Å². The lowest BCUT2D eigenvalue weighted by Gasteiger charge is -2.20. The van der Waals surface area contributed by atoms with E-state index in [0.29, 0.717) is 39.4 Å². The Balaban J connectivity index is 0.00000115. The highest BCUT2D eigenvalue weighted by atomic mass is 19.4. The second-order valence-corrected chi connectivity index (χ2v) is 8.03. The fraction of sp³-hybridized carbons (Fsp3) is 0.462. The van der Waals surface area contributed by atoms with Crippen LogP contribution in [0, 0.1) is 25.6 Å². The van der Waals surface area contributed by atoms with Crippen LogP contribution in [0.1, 0.15) is 45.4 Å². The molecular formula is C26H34F4N6O. The van der Waals surface area contributed by atoms with Crippen LogP contribution in [0.25, 0.3) is 22.2 Å². The Hall–Kier alpha value is -3.50. The van der Waals surface area contributed by atoms with Gasteiger partial charge in [0.05, 0.1) is 11.6 Å². The summed E-state index contributed by atoms with van der Waals surface area (Å²) in [5.74, 6) is -1.82. The lowest BCUT2D eigenvalue weighted by atomic mass is 9.97. The lowest BCUT2D eigenvalue weighted by molar-refractivity contribution is -0.169. The molecule has 0 radical (unpaired) electrons. The summed E-state index contributed by atoms with van der Waals surface area (Å²) >= 11 is 0. The molecule has 1 aliphatic heterocycles. The highest BCUT2D eigenvalue weighted by molar-refractivity contribution is 5.91. The lowest BCUT2D eigenvalue weighted by Crippen LogP contribution is -2.35. The van der Waals surface area contributed by atoms with Crippen LogP contribution in [0.4, 0.5) is 34.0 Å². The first-order chi connectivity index (χ1) is 17.6. The number of benzene rings is 1. The summed E-state index contributed by atoms with van der Waals surface area (Å²) in [5, 5.41) is 5.95. The fourth-order valence-corrected chi connectivity index (χ4v) is 3.91. The number of hydrogen-bond acceptors (Lipinski definition) is 5. The molecule has 0 aliphatic carbocycles. The summed E-state index contributed by atoms with van der Waals surface area (Å²) in [6.07, 6.45) is -2.91. The number of fused-ring (bicyclic) bond motifs is 1. The number of anilines is 2. The Kier molecular flexibility index (Phi) is 10.2. The van der Waals surface area contributed by atoms with E-state index < -0.39 is 30.5 Å². The van der Waals surface area contributed by atoms with Gasteiger partial charge in [-0.05, 0) is 49.6 Å². The molecule has 7 nitrogen and oxygen atoms in total. The molecule has 0 bridgehead atoms. The molecule has 3 heterocycles. The van der Waals surface area contributed by atoms with E-state index in [-0.39, 0.29) is 18.7 Å². The standard InChI is InChI=1S/C22H22F4N6O.2C2H6/c1-11-6-17(23)18(30-21(33)32-5-4-14(10-32)22(24,25)26)8-15(11)16-7-13-9-28-20(27-3)31-19(13)29-12(16)2;2*1-2/h6-9,14H,4-5,10H2,1-3H3,(H,30,33)(H,27,28,29,31);2*1-2H3. The minimum Gasteiger partial charge on any atom is -0.357 e. The van der Waals surface area contributed by atoms with Gasteiger partial charge in [0, 0.05) is 43.0 Å². The number of likely N-dealkylation sites (tertiary alicyclic amines) is 1. The van der Waals surface area contributed by atoms with Crippen molar-refractivity contribution in [2.45, 2.75) is 54.1 Å². The van der Waals surface area contributed by atoms with Crippen molar-refractivity contribution in [2.75, 3.05) is 30.8 Å². The van der Waals surface area contributed by atoms with Crippen LogP contribution < -0.4 is 10.6 Å². The second-order valence-electron chi connectivity index (χ2n) is 8.03. The quantitative estimate of drug-likeness (QED) is 0.364. The maximum absolute atomic E-state index is 14.6. The molecule has 1 unspecified atom stereocenters. The van der Waals surface area contributed by atoms with E-state index in [1.165, 1.54) is 12.1 Å². The van der Waals surface area contributed by atoms with Crippen molar-refractivity contribution in [3.8, 4) is 11.1 Å². The van der Waals surface area contributed by atoms with Crippen LogP contribution in [0.3, 0.4) is 0 Å². The summed E-state index contributed by atoms with van der Waals surface area (Å²) < 4.78 is 53.4. The molecule has 1 atom stereocenters. The minimum absolute atomic E-state index is 0.0430. The number of carbonyl (C=O) groups excluding carboxylic acids is 1. The van der Waals surface area contributed by atoms with Gasteiger partial charge in [0.15, 0.2) is 5.65 Å². The molecule has 1 aliphatic rings. The average molecular weight is 523 g/mol. The van der Waals surface area contributed by atoms with Gasteiger partial charge < -0.3 is 15.5 Å². The van der Waals surface area contributed by atoms with E-state index in [9.17, 15) is 22.4 Å². The maximum Gasteiger partial charge on any atom is 0.393 e. The molecule has 1 fully saturated rings. The van der Waals surface area contributed by atoms with E-state index >= 15 is 0 Å². The molecule has 0 saturated carbocycles. The Bertz CT molecular complexity index is 1230. The molecular weight excluding hydrogens is 488 g/mol. The number of carbonyl (C=O) groups is 1. The van der Waals surface area contributed by atoms with Crippen molar-refractivity contribution in [1.82, 2.24) is 19.9 Å². The summed E-state index contributed by atoms with van der Waals surface area (Å²) in [5.41, 5.74) is 2.97. The van der Waals surface area contributed by atoms with Gasteiger partial charge in [-0.2, -0.15) is 18.2 Å². The van der Waals surface area contributed by atoms with Gasteiger partial charge in [0.2, 0.25) is 5.95 Å². The molecule has 2 N–H and O–H groups in total. The predicted molar refractivity (Wildman–Crippen MR) is 139 cm³/mol. The number of hydrogen-bond donors (Lipinski definition) is 2. The normalized spacial score (nSPS) is 14.9. The van der Waals surface area contributed by atoms with Crippen molar-refractivity contribution in [2.24, 2.45) is 5.92 Å². The second kappa shape index (κ2) is 12.6. The van der Waals surface area contributed by atoms with Gasteiger partial charge in [-0.1, -0.05) is 27.7 Å².